The first kappa shape index (κ1) is 15.1. The lowest BCUT2D eigenvalue weighted by atomic mass is 10.0. The Morgan fingerprint density at radius 3 is 2.73 bits per heavy atom. The third-order valence-electron chi connectivity index (χ3n) is 4.80. The zero-order chi connectivity index (χ0) is 15.7. The van der Waals surface area contributed by atoms with Gasteiger partial charge in [0.15, 0.2) is 0 Å². The number of amides is 2. The Balaban J connectivity index is 1.46. The number of nitrogens with one attached hydrogen (secondary N) is 1. The third-order valence-corrected chi connectivity index (χ3v) is 4.80. The highest BCUT2D eigenvalue weighted by molar-refractivity contribution is 5.89. The average molecular weight is 300 g/mol. The van der Waals surface area contributed by atoms with Crippen molar-refractivity contribution in [1.82, 2.24) is 10.2 Å². The van der Waals surface area contributed by atoms with Gasteiger partial charge >= 0.3 is 0 Å². The second kappa shape index (κ2) is 6.11. The fraction of sp³-hybridized carbons (Fsp3) is 0.556. The molecule has 22 heavy (non-hydrogen) atoms. The molecule has 4 nitrogen and oxygen atoms in total. The highest BCUT2D eigenvalue weighted by atomic mass is 16.2. The number of aryl methyl sites for hydroxylation is 2. The van der Waals surface area contributed by atoms with Gasteiger partial charge in [0.05, 0.1) is 5.92 Å². The van der Waals surface area contributed by atoms with Gasteiger partial charge in [-0.05, 0) is 49.8 Å². The van der Waals surface area contributed by atoms with E-state index in [1.165, 1.54) is 16.7 Å². The molecule has 1 aliphatic carbocycles. The number of carbonyl (C=O) groups is 2. The summed E-state index contributed by atoms with van der Waals surface area (Å²) < 4.78 is 0. The number of rotatable bonds is 5. The molecule has 2 aliphatic rings. The zero-order valence-electron chi connectivity index (χ0n) is 13.4. The maximum Gasteiger partial charge on any atom is 0.225 e. The van der Waals surface area contributed by atoms with Crippen LogP contribution in [0.15, 0.2) is 18.2 Å². The summed E-state index contributed by atoms with van der Waals surface area (Å²) >= 11 is 0. The predicted octanol–water partition coefficient (Wildman–Crippen LogP) is 1.97. The van der Waals surface area contributed by atoms with Crippen LogP contribution in [0, 0.1) is 19.8 Å². The molecule has 0 aromatic heterocycles. The Bertz CT molecular complexity index is 593. The van der Waals surface area contributed by atoms with E-state index in [-0.39, 0.29) is 17.7 Å². The van der Waals surface area contributed by atoms with E-state index in [4.69, 9.17) is 0 Å². The summed E-state index contributed by atoms with van der Waals surface area (Å²) in [4.78, 5) is 26.0. The number of carbonyl (C=O) groups excluding carboxylic acids is 2. The molecule has 0 bridgehead atoms. The Kier molecular flexibility index (Phi) is 4.19. The van der Waals surface area contributed by atoms with Crippen molar-refractivity contribution < 1.29 is 9.59 Å². The molecular formula is C18H24N2O2. The minimum absolute atomic E-state index is 0.0281. The molecule has 1 saturated heterocycles. The molecular weight excluding hydrogens is 276 g/mol. The Morgan fingerprint density at radius 2 is 2.05 bits per heavy atom. The summed E-state index contributed by atoms with van der Waals surface area (Å²) in [5, 5.41) is 2.99. The first-order chi connectivity index (χ1) is 10.5. The summed E-state index contributed by atoms with van der Waals surface area (Å²) in [5.41, 5.74) is 3.81. The van der Waals surface area contributed by atoms with Gasteiger partial charge in [-0.2, -0.15) is 0 Å². The molecule has 0 unspecified atom stereocenters. The molecule has 0 spiro atoms. The van der Waals surface area contributed by atoms with Crippen molar-refractivity contribution in [2.75, 3.05) is 13.1 Å². The Hall–Kier alpha value is -1.84. The second-order valence-corrected chi connectivity index (χ2v) is 6.64. The van der Waals surface area contributed by atoms with Crippen molar-refractivity contribution in [3.63, 3.8) is 0 Å². The molecule has 1 atom stereocenters. The van der Waals surface area contributed by atoms with Crippen molar-refractivity contribution in [2.24, 2.45) is 5.92 Å². The van der Waals surface area contributed by atoms with Gasteiger partial charge < -0.3 is 10.2 Å². The number of hydrogen-bond acceptors (Lipinski definition) is 2. The summed E-state index contributed by atoms with van der Waals surface area (Å²) in [6.45, 7) is 5.45. The highest BCUT2D eigenvalue weighted by Gasteiger charge is 2.41. The standard InChI is InChI=1S/C18H24N2O2/c1-12-3-4-14(9-13(12)2)7-8-19-18(22)15-10-17(21)20(11-15)16-5-6-16/h3-4,9,15-16H,5-8,10-11H2,1-2H3,(H,19,22)/t15-/m0/s1. The lowest BCUT2D eigenvalue weighted by Gasteiger charge is -2.15. The SMILES string of the molecule is Cc1ccc(CCNC(=O)[C@H]2CC(=O)N(C3CC3)C2)cc1C. The molecule has 1 saturated carbocycles. The van der Waals surface area contributed by atoms with Crippen molar-refractivity contribution >= 4 is 11.8 Å². The van der Waals surface area contributed by atoms with Crippen LogP contribution in [0.1, 0.15) is 36.0 Å². The molecule has 3 rings (SSSR count). The van der Waals surface area contributed by atoms with Crippen LogP contribution < -0.4 is 5.32 Å². The van der Waals surface area contributed by atoms with Gasteiger partial charge in [-0.15, -0.1) is 0 Å². The Morgan fingerprint density at radius 1 is 1.27 bits per heavy atom. The van der Waals surface area contributed by atoms with Gasteiger partial charge in [0.2, 0.25) is 11.8 Å². The van der Waals surface area contributed by atoms with Gasteiger partial charge in [-0.1, -0.05) is 18.2 Å². The van der Waals surface area contributed by atoms with E-state index < -0.39 is 0 Å². The Labute approximate surface area is 131 Å². The van der Waals surface area contributed by atoms with E-state index in [2.05, 4.69) is 37.4 Å². The molecule has 0 radical (unpaired) electrons. The van der Waals surface area contributed by atoms with Gasteiger partial charge in [0.25, 0.3) is 0 Å². The van der Waals surface area contributed by atoms with E-state index in [1.807, 2.05) is 4.90 Å². The van der Waals surface area contributed by atoms with Crippen molar-refractivity contribution in [1.29, 1.82) is 0 Å². The molecule has 2 fully saturated rings. The van der Waals surface area contributed by atoms with Gasteiger partial charge in [0.1, 0.15) is 0 Å². The fourth-order valence-corrected chi connectivity index (χ4v) is 3.08. The van der Waals surface area contributed by atoms with Crippen LogP contribution in [0.4, 0.5) is 0 Å². The monoisotopic (exact) mass is 300 g/mol. The van der Waals surface area contributed by atoms with Gasteiger partial charge in [-0.3, -0.25) is 9.59 Å². The number of likely N-dealkylation sites (tertiary alicyclic amines) is 1. The summed E-state index contributed by atoms with van der Waals surface area (Å²) in [6, 6.07) is 6.83. The zero-order valence-corrected chi connectivity index (χ0v) is 13.4. The lowest BCUT2D eigenvalue weighted by molar-refractivity contribution is -0.129. The topological polar surface area (TPSA) is 49.4 Å². The number of nitrogens with zero attached hydrogens (tertiary/aromatic N) is 1. The quantitative estimate of drug-likeness (QED) is 0.904. The van der Waals surface area contributed by atoms with Crippen LogP contribution in [-0.4, -0.2) is 35.8 Å². The first-order valence-electron chi connectivity index (χ1n) is 8.18. The molecule has 1 aromatic rings. The maximum atomic E-state index is 12.2. The van der Waals surface area contributed by atoms with Crippen molar-refractivity contribution in [2.45, 2.75) is 45.6 Å². The van der Waals surface area contributed by atoms with Crippen LogP contribution >= 0.6 is 0 Å². The van der Waals surface area contributed by atoms with Crippen LogP contribution in [0.25, 0.3) is 0 Å². The largest absolute Gasteiger partial charge is 0.355 e. The van der Waals surface area contributed by atoms with Gasteiger partial charge in [0, 0.05) is 25.6 Å². The molecule has 1 aliphatic heterocycles. The van der Waals surface area contributed by atoms with E-state index in [0.717, 1.165) is 19.3 Å². The van der Waals surface area contributed by atoms with Crippen molar-refractivity contribution in [3.05, 3.63) is 34.9 Å². The lowest BCUT2D eigenvalue weighted by Crippen LogP contribution is -2.34. The number of benzene rings is 1. The fourth-order valence-electron chi connectivity index (χ4n) is 3.08. The van der Waals surface area contributed by atoms with E-state index >= 15 is 0 Å². The summed E-state index contributed by atoms with van der Waals surface area (Å²) in [5.74, 6) is 0.0185. The minimum Gasteiger partial charge on any atom is -0.355 e. The smallest absolute Gasteiger partial charge is 0.225 e. The molecule has 4 heteroatoms. The van der Waals surface area contributed by atoms with Crippen molar-refractivity contribution in [3.8, 4) is 0 Å². The summed E-state index contributed by atoms with van der Waals surface area (Å²) in [7, 11) is 0. The van der Waals surface area contributed by atoms with E-state index in [0.29, 0.717) is 25.6 Å². The summed E-state index contributed by atoms with van der Waals surface area (Å²) in [6.07, 6.45) is 3.42. The molecule has 1 heterocycles. The maximum absolute atomic E-state index is 12.2. The minimum atomic E-state index is -0.159. The predicted molar refractivity (Wildman–Crippen MR) is 85.5 cm³/mol. The van der Waals surface area contributed by atoms with Crippen LogP contribution in [-0.2, 0) is 16.0 Å². The number of hydrogen-bond donors (Lipinski definition) is 1. The van der Waals surface area contributed by atoms with E-state index in [1.54, 1.807) is 0 Å². The van der Waals surface area contributed by atoms with Gasteiger partial charge in [-0.25, -0.2) is 0 Å². The van der Waals surface area contributed by atoms with Crippen LogP contribution in [0.3, 0.4) is 0 Å². The highest BCUT2D eigenvalue weighted by Crippen LogP contribution is 2.32. The first-order valence-corrected chi connectivity index (χ1v) is 8.18. The van der Waals surface area contributed by atoms with Crippen LogP contribution in [0.2, 0.25) is 0 Å². The van der Waals surface area contributed by atoms with Crippen LogP contribution in [0.5, 0.6) is 0 Å². The average Bonchev–Trinajstić information content (AvgIpc) is 3.25. The molecule has 1 N–H and O–H groups in total. The van der Waals surface area contributed by atoms with E-state index in [9.17, 15) is 9.59 Å². The second-order valence-electron chi connectivity index (χ2n) is 6.64. The molecule has 118 valence electrons. The molecule has 1 aromatic carbocycles. The third kappa shape index (κ3) is 3.32. The normalized spacial score (nSPS) is 21.3. The molecule has 2 amide bonds.